The highest BCUT2D eigenvalue weighted by Gasteiger charge is 2.20. The van der Waals surface area contributed by atoms with E-state index >= 15 is 0 Å². The SMILES string of the molecule is CN1CCN(c2c(Cl)cccc2NC(=O)CSc2cccc3cccnc23)CC1. The molecule has 1 fully saturated rings. The van der Waals surface area contributed by atoms with Crippen LogP contribution in [0.1, 0.15) is 0 Å². The van der Waals surface area contributed by atoms with Crippen LogP contribution in [0.15, 0.2) is 59.6 Å². The molecule has 29 heavy (non-hydrogen) atoms. The van der Waals surface area contributed by atoms with Gasteiger partial charge in [-0.2, -0.15) is 0 Å². The Bertz CT molecular complexity index is 1020. The topological polar surface area (TPSA) is 48.5 Å². The Morgan fingerprint density at radius 1 is 1.10 bits per heavy atom. The van der Waals surface area contributed by atoms with Gasteiger partial charge < -0.3 is 15.1 Å². The van der Waals surface area contributed by atoms with Crippen LogP contribution >= 0.6 is 23.4 Å². The number of para-hydroxylation sites is 2. The molecule has 0 spiro atoms. The number of nitrogens with zero attached hydrogens (tertiary/aromatic N) is 3. The molecule has 150 valence electrons. The number of piperazine rings is 1. The molecule has 0 atom stereocenters. The molecule has 1 saturated heterocycles. The number of hydrogen-bond acceptors (Lipinski definition) is 5. The number of benzene rings is 2. The number of thioether (sulfide) groups is 1. The summed E-state index contributed by atoms with van der Waals surface area (Å²) in [5.41, 5.74) is 2.60. The molecule has 0 saturated carbocycles. The van der Waals surface area contributed by atoms with Crippen molar-refractivity contribution in [3.8, 4) is 0 Å². The van der Waals surface area contributed by atoms with Gasteiger partial charge in [0.25, 0.3) is 0 Å². The average molecular weight is 427 g/mol. The Balaban J connectivity index is 1.47. The molecule has 1 aliphatic rings. The predicted octanol–water partition coefficient (Wildman–Crippen LogP) is 4.37. The number of carbonyl (C=O) groups excluding carboxylic acids is 1. The number of carbonyl (C=O) groups is 1. The highest BCUT2D eigenvalue weighted by Crippen LogP contribution is 2.35. The van der Waals surface area contributed by atoms with Gasteiger partial charge in [-0.15, -0.1) is 11.8 Å². The van der Waals surface area contributed by atoms with Crippen molar-refractivity contribution in [3.63, 3.8) is 0 Å². The minimum atomic E-state index is -0.0550. The molecule has 1 amide bonds. The zero-order valence-corrected chi connectivity index (χ0v) is 17.8. The highest BCUT2D eigenvalue weighted by atomic mass is 35.5. The molecule has 2 heterocycles. The van der Waals surface area contributed by atoms with Gasteiger partial charge in [0, 0.05) is 42.7 Å². The number of rotatable bonds is 5. The lowest BCUT2D eigenvalue weighted by Crippen LogP contribution is -2.44. The molecule has 3 aromatic rings. The van der Waals surface area contributed by atoms with Gasteiger partial charge in [0.05, 0.1) is 27.7 Å². The van der Waals surface area contributed by atoms with E-state index < -0.39 is 0 Å². The summed E-state index contributed by atoms with van der Waals surface area (Å²) in [7, 11) is 2.12. The average Bonchev–Trinajstić information content (AvgIpc) is 2.73. The smallest absolute Gasteiger partial charge is 0.234 e. The maximum atomic E-state index is 12.7. The van der Waals surface area contributed by atoms with Crippen LogP contribution in [-0.4, -0.2) is 54.8 Å². The first kappa shape index (κ1) is 20.0. The van der Waals surface area contributed by atoms with Gasteiger partial charge >= 0.3 is 0 Å². The van der Waals surface area contributed by atoms with Crippen LogP contribution < -0.4 is 10.2 Å². The van der Waals surface area contributed by atoms with E-state index in [-0.39, 0.29) is 5.91 Å². The third kappa shape index (κ3) is 4.66. The Labute approximate surface area is 180 Å². The normalized spacial score (nSPS) is 14.9. The summed E-state index contributed by atoms with van der Waals surface area (Å²) in [6.07, 6.45) is 1.78. The van der Waals surface area contributed by atoms with Gasteiger partial charge in [-0.1, -0.05) is 35.9 Å². The Kier molecular flexibility index (Phi) is 6.23. The summed E-state index contributed by atoms with van der Waals surface area (Å²) >= 11 is 8.00. The van der Waals surface area contributed by atoms with Crippen LogP contribution in [0.4, 0.5) is 11.4 Å². The zero-order chi connectivity index (χ0) is 20.2. The minimum absolute atomic E-state index is 0.0550. The van der Waals surface area contributed by atoms with Crippen molar-refractivity contribution in [2.45, 2.75) is 4.90 Å². The largest absolute Gasteiger partial charge is 0.366 e. The van der Waals surface area contributed by atoms with Crippen LogP contribution in [0.2, 0.25) is 5.02 Å². The molecule has 5 nitrogen and oxygen atoms in total. The molecule has 0 bridgehead atoms. The summed E-state index contributed by atoms with van der Waals surface area (Å²) in [4.78, 5) is 22.7. The third-order valence-electron chi connectivity index (χ3n) is 5.03. The fraction of sp³-hybridized carbons (Fsp3) is 0.273. The van der Waals surface area contributed by atoms with Crippen LogP contribution in [0, 0.1) is 0 Å². The fourth-order valence-corrected chi connectivity index (χ4v) is 4.62. The molecule has 1 N–H and O–H groups in total. The summed E-state index contributed by atoms with van der Waals surface area (Å²) in [5.74, 6) is 0.255. The van der Waals surface area contributed by atoms with Crippen LogP contribution in [0.25, 0.3) is 10.9 Å². The second kappa shape index (κ2) is 9.03. The molecule has 1 aliphatic heterocycles. The predicted molar refractivity (Wildman–Crippen MR) is 122 cm³/mol. The number of pyridine rings is 1. The van der Waals surface area contributed by atoms with E-state index in [1.54, 1.807) is 6.20 Å². The molecular weight excluding hydrogens is 404 g/mol. The minimum Gasteiger partial charge on any atom is -0.366 e. The van der Waals surface area contributed by atoms with E-state index in [2.05, 4.69) is 27.1 Å². The van der Waals surface area contributed by atoms with Gasteiger partial charge in [0.1, 0.15) is 0 Å². The van der Waals surface area contributed by atoms with E-state index in [0.717, 1.165) is 53.4 Å². The Morgan fingerprint density at radius 2 is 1.86 bits per heavy atom. The Morgan fingerprint density at radius 3 is 2.69 bits per heavy atom. The Hall–Kier alpha value is -2.28. The van der Waals surface area contributed by atoms with Crippen molar-refractivity contribution in [1.29, 1.82) is 0 Å². The molecule has 0 radical (unpaired) electrons. The molecular formula is C22H23ClN4OS. The molecule has 1 aromatic heterocycles. The number of amides is 1. The van der Waals surface area contributed by atoms with E-state index in [1.807, 2.05) is 48.5 Å². The summed E-state index contributed by atoms with van der Waals surface area (Å²) in [5, 5.41) is 4.80. The number of likely N-dealkylation sites (N-methyl/N-ethyl adjacent to an activating group) is 1. The van der Waals surface area contributed by atoms with Crippen LogP contribution in [0.3, 0.4) is 0 Å². The molecule has 2 aromatic carbocycles. The number of aromatic nitrogens is 1. The fourth-order valence-electron chi connectivity index (χ4n) is 3.49. The third-order valence-corrected chi connectivity index (χ3v) is 6.39. The number of halogens is 1. The lowest BCUT2D eigenvalue weighted by Gasteiger charge is -2.35. The summed E-state index contributed by atoms with van der Waals surface area (Å²) in [6, 6.07) is 15.6. The van der Waals surface area contributed by atoms with Crippen molar-refractivity contribution in [2.24, 2.45) is 0 Å². The monoisotopic (exact) mass is 426 g/mol. The first-order chi connectivity index (χ1) is 14.1. The van der Waals surface area contributed by atoms with E-state index in [9.17, 15) is 4.79 Å². The maximum Gasteiger partial charge on any atom is 0.234 e. The van der Waals surface area contributed by atoms with Crippen LogP contribution in [-0.2, 0) is 4.79 Å². The van der Waals surface area contributed by atoms with Gasteiger partial charge in [-0.3, -0.25) is 9.78 Å². The first-order valence-electron chi connectivity index (χ1n) is 9.60. The quantitative estimate of drug-likeness (QED) is 0.614. The van der Waals surface area contributed by atoms with E-state index in [0.29, 0.717) is 10.8 Å². The standard InChI is InChI=1S/C22H23ClN4OS/c1-26-11-13-27(14-12-26)22-17(23)7-3-8-18(22)25-20(28)15-29-19-9-2-5-16-6-4-10-24-21(16)19/h2-10H,11-15H2,1H3,(H,25,28). The second-order valence-electron chi connectivity index (χ2n) is 7.09. The molecule has 4 rings (SSSR count). The lowest BCUT2D eigenvalue weighted by molar-refractivity contribution is -0.113. The van der Waals surface area contributed by atoms with Crippen molar-refractivity contribution in [1.82, 2.24) is 9.88 Å². The number of nitrogens with one attached hydrogen (secondary N) is 1. The van der Waals surface area contributed by atoms with Crippen molar-refractivity contribution >= 4 is 51.5 Å². The maximum absolute atomic E-state index is 12.7. The summed E-state index contributed by atoms with van der Waals surface area (Å²) < 4.78 is 0. The van der Waals surface area contributed by atoms with Gasteiger partial charge in [0.2, 0.25) is 5.91 Å². The lowest BCUT2D eigenvalue weighted by atomic mass is 10.2. The highest BCUT2D eigenvalue weighted by molar-refractivity contribution is 8.00. The van der Waals surface area contributed by atoms with Gasteiger partial charge in [-0.05, 0) is 31.3 Å². The zero-order valence-electron chi connectivity index (χ0n) is 16.3. The summed E-state index contributed by atoms with van der Waals surface area (Å²) in [6.45, 7) is 3.73. The molecule has 7 heteroatoms. The van der Waals surface area contributed by atoms with Gasteiger partial charge in [0.15, 0.2) is 0 Å². The number of anilines is 2. The van der Waals surface area contributed by atoms with Gasteiger partial charge in [-0.25, -0.2) is 0 Å². The van der Waals surface area contributed by atoms with Crippen molar-refractivity contribution in [3.05, 3.63) is 59.8 Å². The van der Waals surface area contributed by atoms with Crippen LogP contribution in [0.5, 0.6) is 0 Å². The van der Waals surface area contributed by atoms with Crippen molar-refractivity contribution < 1.29 is 4.79 Å². The van der Waals surface area contributed by atoms with E-state index in [4.69, 9.17) is 11.6 Å². The van der Waals surface area contributed by atoms with E-state index in [1.165, 1.54) is 11.8 Å². The van der Waals surface area contributed by atoms with Crippen molar-refractivity contribution in [2.75, 3.05) is 49.2 Å². The molecule has 0 aliphatic carbocycles. The second-order valence-corrected chi connectivity index (χ2v) is 8.52. The molecule has 0 unspecified atom stereocenters. The first-order valence-corrected chi connectivity index (χ1v) is 11.0. The number of hydrogen-bond donors (Lipinski definition) is 1. The number of fused-ring (bicyclic) bond motifs is 1.